The number of rotatable bonds is 4. The van der Waals surface area contributed by atoms with E-state index >= 15 is 0 Å². The molecule has 2 nitrogen and oxygen atoms in total. The van der Waals surface area contributed by atoms with Crippen LogP contribution in [0, 0.1) is 18.6 Å². The first kappa shape index (κ1) is 13.5. The van der Waals surface area contributed by atoms with E-state index in [1.165, 1.54) is 24.3 Å². The van der Waals surface area contributed by atoms with Crippen LogP contribution in [0.15, 0.2) is 36.4 Å². The van der Waals surface area contributed by atoms with Crippen LogP contribution in [0.4, 0.5) is 8.78 Å². The SMILES string of the molecule is Cc1ccc(F)c(Oc2ccc(CCN)cc2F)c1. The molecule has 0 heterocycles. The lowest BCUT2D eigenvalue weighted by molar-refractivity contribution is 0.414. The van der Waals surface area contributed by atoms with E-state index in [4.69, 9.17) is 10.5 Å². The maximum atomic E-state index is 13.8. The van der Waals surface area contributed by atoms with Crippen LogP contribution >= 0.6 is 0 Å². The highest BCUT2D eigenvalue weighted by Gasteiger charge is 2.09. The minimum absolute atomic E-state index is 0.00488. The Hall–Kier alpha value is -1.94. The van der Waals surface area contributed by atoms with Gasteiger partial charge in [0, 0.05) is 0 Å². The summed E-state index contributed by atoms with van der Waals surface area (Å²) in [5.74, 6) is -1.02. The van der Waals surface area contributed by atoms with Gasteiger partial charge in [-0.15, -0.1) is 0 Å². The van der Waals surface area contributed by atoms with Crippen molar-refractivity contribution in [3.8, 4) is 11.5 Å². The molecule has 0 fully saturated rings. The zero-order chi connectivity index (χ0) is 13.8. The average Bonchev–Trinajstić information content (AvgIpc) is 2.37. The number of benzene rings is 2. The summed E-state index contributed by atoms with van der Waals surface area (Å²) in [4.78, 5) is 0. The van der Waals surface area contributed by atoms with Gasteiger partial charge in [-0.3, -0.25) is 0 Å². The van der Waals surface area contributed by atoms with E-state index in [0.29, 0.717) is 13.0 Å². The van der Waals surface area contributed by atoms with E-state index in [0.717, 1.165) is 11.1 Å². The minimum Gasteiger partial charge on any atom is -0.451 e. The summed E-state index contributed by atoms with van der Waals surface area (Å²) in [5.41, 5.74) is 7.04. The maximum Gasteiger partial charge on any atom is 0.165 e. The van der Waals surface area contributed by atoms with Crippen molar-refractivity contribution in [1.82, 2.24) is 0 Å². The Bertz CT molecular complexity index is 584. The molecule has 0 unspecified atom stereocenters. The van der Waals surface area contributed by atoms with Crippen molar-refractivity contribution in [3.63, 3.8) is 0 Å². The molecule has 2 rings (SSSR count). The van der Waals surface area contributed by atoms with Gasteiger partial charge in [-0.25, -0.2) is 8.78 Å². The highest BCUT2D eigenvalue weighted by Crippen LogP contribution is 2.28. The summed E-state index contributed by atoms with van der Waals surface area (Å²) in [6, 6.07) is 9.02. The van der Waals surface area contributed by atoms with Gasteiger partial charge in [0.1, 0.15) is 0 Å². The molecule has 100 valence electrons. The molecule has 0 atom stereocenters. The lowest BCUT2D eigenvalue weighted by atomic mass is 10.1. The Balaban J connectivity index is 2.25. The number of aryl methyl sites for hydroxylation is 1. The fourth-order valence-corrected chi connectivity index (χ4v) is 1.76. The third-order valence-corrected chi connectivity index (χ3v) is 2.74. The fraction of sp³-hybridized carbons (Fsp3) is 0.200. The van der Waals surface area contributed by atoms with Crippen molar-refractivity contribution in [1.29, 1.82) is 0 Å². The van der Waals surface area contributed by atoms with Gasteiger partial charge in [0.2, 0.25) is 0 Å². The number of hydrogen-bond donors (Lipinski definition) is 1. The van der Waals surface area contributed by atoms with Gasteiger partial charge in [0.15, 0.2) is 23.1 Å². The summed E-state index contributed by atoms with van der Waals surface area (Å²) < 4.78 is 32.6. The zero-order valence-electron chi connectivity index (χ0n) is 10.6. The molecule has 0 saturated heterocycles. The van der Waals surface area contributed by atoms with E-state index in [1.807, 2.05) is 6.92 Å². The molecule has 0 aliphatic rings. The van der Waals surface area contributed by atoms with Crippen LogP contribution in [0.5, 0.6) is 11.5 Å². The summed E-state index contributed by atoms with van der Waals surface area (Å²) >= 11 is 0. The lowest BCUT2D eigenvalue weighted by Crippen LogP contribution is -2.03. The maximum absolute atomic E-state index is 13.8. The van der Waals surface area contributed by atoms with E-state index < -0.39 is 11.6 Å². The predicted molar refractivity (Wildman–Crippen MR) is 70.4 cm³/mol. The second-order valence-electron chi connectivity index (χ2n) is 4.34. The lowest BCUT2D eigenvalue weighted by Gasteiger charge is -2.09. The topological polar surface area (TPSA) is 35.2 Å². The predicted octanol–water partition coefficient (Wildman–Crippen LogP) is 3.57. The van der Waals surface area contributed by atoms with Crippen molar-refractivity contribution in [2.24, 2.45) is 5.73 Å². The van der Waals surface area contributed by atoms with Crippen molar-refractivity contribution in [2.45, 2.75) is 13.3 Å². The van der Waals surface area contributed by atoms with Gasteiger partial charge < -0.3 is 10.5 Å². The van der Waals surface area contributed by atoms with Crippen molar-refractivity contribution in [2.75, 3.05) is 6.54 Å². The third-order valence-electron chi connectivity index (χ3n) is 2.74. The normalized spacial score (nSPS) is 10.5. The highest BCUT2D eigenvalue weighted by atomic mass is 19.1. The standard InChI is InChI=1S/C15H15F2NO/c1-10-2-4-12(16)15(8-10)19-14-5-3-11(6-7-18)9-13(14)17/h2-5,8-9H,6-7,18H2,1H3. The van der Waals surface area contributed by atoms with Gasteiger partial charge in [-0.05, 0) is 55.3 Å². The molecular weight excluding hydrogens is 248 g/mol. The number of ether oxygens (including phenoxy) is 1. The Labute approximate surface area is 110 Å². The molecule has 0 aliphatic heterocycles. The van der Waals surface area contributed by atoms with Crippen LogP contribution in [0.1, 0.15) is 11.1 Å². The second kappa shape index (κ2) is 5.80. The van der Waals surface area contributed by atoms with Crippen molar-refractivity contribution < 1.29 is 13.5 Å². The van der Waals surface area contributed by atoms with E-state index in [2.05, 4.69) is 0 Å². The van der Waals surface area contributed by atoms with E-state index in [1.54, 1.807) is 12.1 Å². The molecule has 0 bridgehead atoms. The van der Waals surface area contributed by atoms with Crippen LogP contribution in [0.25, 0.3) is 0 Å². The molecule has 0 saturated carbocycles. The number of nitrogens with two attached hydrogens (primary N) is 1. The molecule has 0 amide bonds. The van der Waals surface area contributed by atoms with E-state index in [-0.39, 0.29) is 11.5 Å². The molecule has 0 aromatic heterocycles. The van der Waals surface area contributed by atoms with Gasteiger partial charge in [0.05, 0.1) is 0 Å². The first-order valence-corrected chi connectivity index (χ1v) is 6.02. The monoisotopic (exact) mass is 263 g/mol. The van der Waals surface area contributed by atoms with Gasteiger partial charge in [0.25, 0.3) is 0 Å². The average molecular weight is 263 g/mol. The number of halogens is 2. The molecule has 4 heteroatoms. The van der Waals surface area contributed by atoms with Gasteiger partial charge in [-0.1, -0.05) is 12.1 Å². The largest absolute Gasteiger partial charge is 0.451 e. The summed E-state index contributed by atoms with van der Waals surface area (Å²) in [7, 11) is 0. The summed E-state index contributed by atoms with van der Waals surface area (Å²) in [5, 5.41) is 0. The molecule has 0 spiro atoms. The first-order valence-electron chi connectivity index (χ1n) is 6.02. The first-order chi connectivity index (χ1) is 9.10. The van der Waals surface area contributed by atoms with Crippen LogP contribution < -0.4 is 10.5 Å². The van der Waals surface area contributed by atoms with Crippen molar-refractivity contribution >= 4 is 0 Å². The molecule has 2 N–H and O–H groups in total. The van der Waals surface area contributed by atoms with Crippen LogP contribution in [-0.4, -0.2) is 6.54 Å². The Morgan fingerprint density at radius 2 is 1.79 bits per heavy atom. The molecule has 0 aliphatic carbocycles. The molecular formula is C15H15F2NO. The molecule has 0 radical (unpaired) electrons. The van der Waals surface area contributed by atoms with Gasteiger partial charge >= 0.3 is 0 Å². The third kappa shape index (κ3) is 3.29. The summed E-state index contributed by atoms with van der Waals surface area (Å²) in [6.45, 7) is 2.26. The number of hydrogen-bond acceptors (Lipinski definition) is 2. The smallest absolute Gasteiger partial charge is 0.165 e. The fourth-order valence-electron chi connectivity index (χ4n) is 1.76. The van der Waals surface area contributed by atoms with Crippen LogP contribution in [-0.2, 0) is 6.42 Å². The Morgan fingerprint density at radius 1 is 1.00 bits per heavy atom. The Morgan fingerprint density at radius 3 is 2.47 bits per heavy atom. The van der Waals surface area contributed by atoms with E-state index in [9.17, 15) is 8.78 Å². The Kier molecular flexibility index (Phi) is 4.12. The molecule has 19 heavy (non-hydrogen) atoms. The summed E-state index contributed by atoms with van der Waals surface area (Å²) in [6.07, 6.45) is 0.593. The molecule has 2 aromatic rings. The zero-order valence-corrected chi connectivity index (χ0v) is 10.6. The van der Waals surface area contributed by atoms with Gasteiger partial charge in [-0.2, -0.15) is 0 Å². The quantitative estimate of drug-likeness (QED) is 0.915. The highest BCUT2D eigenvalue weighted by molar-refractivity contribution is 5.37. The minimum atomic E-state index is -0.521. The second-order valence-corrected chi connectivity index (χ2v) is 4.34. The molecule has 2 aromatic carbocycles. The van der Waals surface area contributed by atoms with Crippen LogP contribution in [0.3, 0.4) is 0 Å². The van der Waals surface area contributed by atoms with Crippen LogP contribution in [0.2, 0.25) is 0 Å². The van der Waals surface area contributed by atoms with Crippen molar-refractivity contribution in [3.05, 3.63) is 59.2 Å².